The zero-order valence-corrected chi connectivity index (χ0v) is 14.4. The lowest BCUT2D eigenvalue weighted by Crippen LogP contribution is -2.23. The molecular weight excluding hydrogens is 282 g/mol. The molecule has 0 fully saturated rings. The minimum Gasteiger partial charge on any atom is -0.310 e. The van der Waals surface area contributed by atoms with Crippen LogP contribution in [0.15, 0.2) is 23.1 Å². The molecule has 0 radical (unpaired) electrons. The first-order valence-corrected chi connectivity index (χ1v) is 9.51. The summed E-state index contributed by atoms with van der Waals surface area (Å²) in [5, 5.41) is 3.52. The van der Waals surface area contributed by atoms with Crippen molar-refractivity contribution in [2.45, 2.75) is 63.3 Å². The van der Waals surface area contributed by atoms with Gasteiger partial charge in [-0.3, -0.25) is 0 Å². The number of sulfone groups is 1. The summed E-state index contributed by atoms with van der Waals surface area (Å²) in [7, 11) is -3.14. The monoisotopic (exact) mass is 309 g/mol. The van der Waals surface area contributed by atoms with E-state index in [2.05, 4.69) is 39.1 Å². The van der Waals surface area contributed by atoms with Crippen LogP contribution in [0.1, 0.15) is 64.1 Å². The summed E-state index contributed by atoms with van der Waals surface area (Å²) in [5.74, 6) is 0.263. The molecule has 2 rings (SSSR count). The van der Waals surface area contributed by atoms with Crippen molar-refractivity contribution >= 4 is 9.84 Å². The molecule has 21 heavy (non-hydrogen) atoms. The fourth-order valence-corrected chi connectivity index (χ4v) is 4.45. The Morgan fingerprint density at radius 1 is 1.29 bits per heavy atom. The zero-order chi connectivity index (χ0) is 15.7. The van der Waals surface area contributed by atoms with Crippen molar-refractivity contribution in [2.75, 3.05) is 12.3 Å². The van der Waals surface area contributed by atoms with Gasteiger partial charge in [-0.1, -0.05) is 39.8 Å². The molecule has 118 valence electrons. The molecular formula is C17H27NO2S. The Balaban J connectivity index is 2.53. The topological polar surface area (TPSA) is 46.2 Å². The summed E-state index contributed by atoms with van der Waals surface area (Å²) < 4.78 is 24.9. The van der Waals surface area contributed by atoms with E-state index in [-0.39, 0.29) is 17.2 Å². The average Bonchev–Trinajstić information content (AvgIpc) is 2.52. The molecule has 1 aliphatic rings. The molecule has 1 unspecified atom stereocenters. The number of nitrogens with one attached hydrogen (secondary N) is 1. The van der Waals surface area contributed by atoms with E-state index < -0.39 is 9.84 Å². The average molecular weight is 309 g/mol. The van der Waals surface area contributed by atoms with Crippen LogP contribution in [-0.4, -0.2) is 20.7 Å². The van der Waals surface area contributed by atoms with Gasteiger partial charge < -0.3 is 5.32 Å². The lowest BCUT2D eigenvalue weighted by atomic mass is 9.85. The van der Waals surface area contributed by atoms with Gasteiger partial charge in [0.15, 0.2) is 9.84 Å². The summed E-state index contributed by atoms with van der Waals surface area (Å²) in [6, 6.07) is 6.04. The molecule has 1 aromatic carbocycles. The second kappa shape index (κ2) is 6.09. The van der Waals surface area contributed by atoms with E-state index >= 15 is 0 Å². The lowest BCUT2D eigenvalue weighted by molar-refractivity contribution is 0.490. The lowest BCUT2D eigenvalue weighted by Gasteiger charge is -2.24. The van der Waals surface area contributed by atoms with Crippen LogP contribution in [0.5, 0.6) is 0 Å². The van der Waals surface area contributed by atoms with Crippen LogP contribution in [-0.2, 0) is 15.3 Å². The second-order valence-electron chi connectivity index (χ2n) is 6.97. The fourth-order valence-electron chi connectivity index (χ4n) is 2.84. The molecule has 1 N–H and O–H groups in total. The first-order chi connectivity index (χ1) is 9.75. The zero-order valence-electron chi connectivity index (χ0n) is 13.6. The van der Waals surface area contributed by atoms with Gasteiger partial charge in [-0.15, -0.1) is 0 Å². The molecule has 0 aromatic heterocycles. The van der Waals surface area contributed by atoms with E-state index in [9.17, 15) is 8.42 Å². The van der Waals surface area contributed by atoms with Gasteiger partial charge in [-0.05, 0) is 48.4 Å². The van der Waals surface area contributed by atoms with Gasteiger partial charge in [0, 0.05) is 6.04 Å². The normalized spacial score (nSPS) is 21.6. The number of hydrogen-bond donors (Lipinski definition) is 1. The summed E-state index contributed by atoms with van der Waals surface area (Å²) in [6.45, 7) is 9.54. The van der Waals surface area contributed by atoms with Crippen molar-refractivity contribution in [3.05, 3.63) is 29.3 Å². The van der Waals surface area contributed by atoms with Gasteiger partial charge in [0.25, 0.3) is 0 Å². The Labute approximate surface area is 129 Å². The van der Waals surface area contributed by atoms with Gasteiger partial charge in [-0.2, -0.15) is 0 Å². The first kappa shape index (κ1) is 16.5. The molecule has 0 spiro atoms. The quantitative estimate of drug-likeness (QED) is 0.928. The Morgan fingerprint density at radius 2 is 2.00 bits per heavy atom. The molecule has 0 saturated heterocycles. The molecule has 1 atom stereocenters. The van der Waals surface area contributed by atoms with E-state index in [0.717, 1.165) is 31.4 Å². The van der Waals surface area contributed by atoms with E-state index in [0.29, 0.717) is 4.90 Å². The smallest absolute Gasteiger partial charge is 0.178 e. The molecule has 1 heterocycles. The second-order valence-corrected chi connectivity index (χ2v) is 9.05. The van der Waals surface area contributed by atoms with Crippen molar-refractivity contribution < 1.29 is 8.42 Å². The van der Waals surface area contributed by atoms with Crippen molar-refractivity contribution in [3.8, 4) is 0 Å². The van der Waals surface area contributed by atoms with Crippen LogP contribution in [0.4, 0.5) is 0 Å². The van der Waals surface area contributed by atoms with Crippen LogP contribution >= 0.6 is 0 Å². The van der Waals surface area contributed by atoms with Crippen molar-refractivity contribution in [3.63, 3.8) is 0 Å². The summed E-state index contributed by atoms with van der Waals surface area (Å²) in [4.78, 5) is 0.529. The summed E-state index contributed by atoms with van der Waals surface area (Å²) in [6.07, 6.45) is 2.67. The van der Waals surface area contributed by atoms with Crippen LogP contribution in [0.2, 0.25) is 0 Å². The van der Waals surface area contributed by atoms with Crippen LogP contribution < -0.4 is 5.32 Å². The molecule has 0 amide bonds. The third-order valence-electron chi connectivity index (χ3n) is 4.13. The molecule has 4 heteroatoms. The standard InChI is InChI=1S/C17H27NO2S/c1-5-10-18-15-7-6-11-21(19,20)16-9-8-13(12-14(15)16)17(2,3)4/h8-9,12,15,18H,5-7,10-11H2,1-4H3. The maximum atomic E-state index is 12.4. The van der Waals surface area contributed by atoms with Gasteiger partial charge in [0.1, 0.15) is 0 Å². The Hall–Kier alpha value is -0.870. The van der Waals surface area contributed by atoms with E-state index in [1.165, 1.54) is 5.56 Å². The fraction of sp³-hybridized carbons (Fsp3) is 0.647. The maximum absolute atomic E-state index is 12.4. The van der Waals surface area contributed by atoms with Crippen LogP contribution in [0, 0.1) is 0 Å². The number of benzene rings is 1. The van der Waals surface area contributed by atoms with E-state index in [4.69, 9.17) is 0 Å². The van der Waals surface area contributed by atoms with Crippen molar-refractivity contribution in [2.24, 2.45) is 0 Å². The van der Waals surface area contributed by atoms with E-state index in [1.54, 1.807) is 0 Å². The van der Waals surface area contributed by atoms with Gasteiger partial charge >= 0.3 is 0 Å². The minimum absolute atomic E-state index is 0.0282. The largest absolute Gasteiger partial charge is 0.310 e. The molecule has 0 bridgehead atoms. The highest BCUT2D eigenvalue weighted by Crippen LogP contribution is 2.34. The van der Waals surface area contributed by atoms with Crippen LogP contribution in [0.3, 0.4) is 0 Å². The predicted octanol–water partition coefficient (Wildman–Crippen LogP) is 3.59. The highest BCUT2D eigenvalue weighted by Gasteiger charge is 2.28. The third-order valence-corrected chi connectivity index (χ3v) is 6.00. The predicted molar refractivity (Wildman–Crippen MR) is 87.5 cm³/mol. The maximum Gasteiger partial charge on any atom is 0.178 e. The van der Waals surface area contributed by atoms with Crippen LogP contribution in [0.25, 0.3) is 0 Å². The van der Waals surface area contributed by atoms with Crippen molar-refractivity contribution in [1.82, 2.24) is 5.32 Å². The van der Waals surface area contributed by atoms with Gasteiger partial charge in [-0.25, -0.2) is 8.42 Å². The van der Waals surface area contributed by atoms with Gasteiger partial charge in [0.2, 0.25) is 0 Å². The SMILES string of the molecule is CCCNC1CCCS(=O)(=O)c2ccc(C(C)(C)C)cc21. The van der Waals surface area contributed by atoms with Crippen molar-refractivity contribution in [1.29, 1.82) is 0 Å². The summed E-state index contributed by atoms with van der Waals surface area (Å²) >= 11 is 0. The molecule has 0 aliphatic carbocycles. The molecule has 1 aliphatic heterocycles. The summed E-state index contributed by atoms with van der Waals surface area (Å²) in [5.41, 5.74) is 2.19. The van der Waals surface area contributed by atoms with Gasteiger partial charge in [0.05, 0.1) is 10.6 Å². The van der Waals surface area contributed by atoms with E-state index in [1.807, 2.05) is 12.1 Å². The Bertz CT molecular complexity index is 600. The third kappa shape index (κ3) is 3.67. The highest BCUT2D eigenvalue weighted by atomic mass is 32.2. The Kier molecular flexibility index (Phi) is 4.79. The highest BCUT2D eigenvalue weighted by molar-refractivity contribution is 7.91. The Morgan fingerprint density at radius 3 is 2.62 bits per heavy atom. The molecule has 1 aromatic rings. The molecule has 3 nitrogen and oxygen atoms in total. The number of rotatable bonds is 3. The first-order valence-electron chi connectivity index (χ1n) is 7.86. The minimum atomic E-state index is -3.14. The molecule has 0 saturated carbocycles. The number of fused-ring (bicyclic) bond motifs is 1. The number of hydrogen-bond acceptors (Lipinski definition) is 3.